The minimum Gasteiger partial charge on any atom is -0.444 e. The van der Waals surface area contributed by atoms with Crippen molar-refractivity contribution in [2.75, 3.05) is 13.2 Å². The number of rotatable bonds is 6. The van der Waals surface area contributed by atoms with Gasteiger partial charge in [-0.1, -0.05) is 37.3 Å². The van der Waals surface area contributed by atoms with E-state index in [1.54, 1.807) is 27.7 Å². The fraction of sp³-hybridized carbons (Fsp3) is 0.556. The van der Waals surface area contributed by atoms with Gasteiger partial charge in [0.05, 0.1) is 13.2 Å². The second kappa shape index (κ2) is 11.7. The maximum Gasteiger partial charge on any atom is 0.408 e. The number of amides is 1. The second-order valence-electron chi connectivity index (χ2n) is 5.87. The molecule has 1 N–H and O–H groups in total. The van der Waals surface area contributed by atoms with Gasteiger partial charge in [0.1, 0.15) is 5.60 Å². The maximum absolute atomic E-state index is 11.0. The third-order valence-electron chi connectivity index (χ3n) is 2.54. The Labute approximate surface area is 139 Å². The number of Topliss-reactive ketones (excluding diaryl/α,β-unsaturated/α-hetero) is 1. The molecule has 0 spiro atoms. The van der Waals surface area contributed by atoms with Gasteiger partial charge in [-0.2, -0.15) is 0 Å². The van der Waals surface area contributed by atoms with E-state index >= 15 is 0 Å². The van der Waals surface area contributed by atoms with Gasteiger partial charge in [0.25, 0.3) is 0 Å². The molecule has 0 aromatic heterocycles. The number of benzene rings is 1. The molecule has 0 atom stereocenters. The highest BCUT2D eigenvalue weighted by Crippen LogP contribution is 2.06. The lowest BCUT2D eigenvalue weighted by atomic mass is 10.2. The summed E-state index contributed by atoms with van der Waals surface area (Å²) in [5.74, 6) is -0.00846. The fourth-order valence-electron chi connectivity index (χ4n) is 1.40. The number of alkyl carbamates (subject to hydrolysis) is 1. The van der Waals surface area contributed by atoms with Crippen LogP contribution >= 0.6 is 0 Å². The zero-order valence-corrected chi connectivity index (χ0v) is 14.8. The molecule has 5 heteroatoms. The summed E-state index contributed by atoms with van der Waals surface area (Å²) in [4.78, 5) is 21.8. The van der Waals surface area contributed by atoms with E-state index in [9.17, 15) is 9.59 Å². The Bertz CT molecular complexity index is 452. The van der Waals surface area contributed by atoms with Crippen molar-refractivity contribution >= 4 is 11.9 Å². The van der Waals surface area contributed by atoms with Crippen LogP contribution in [0.5, 0.6) is 0 Å². The summed E-state index contributed by atoms with van der Waals surface area (Å²) < 4.78 is 10.1. The molecule has 0 aliphatic rings. The van der Waals surface area contributed by atoms with E-state index in [0.29, 0.717) is 6.42 Å². The summed E-state index contributed by atoms with van der Waals surface area (Å²) in [7, 11) is 0. The maximum atomic E-state index is 11.0. The Morgan fingerprint density at radius 1 is 1.09 bits per heavy atom. The molecule has 0 aliphatic heterocycles. The lowest BCUT2D eigenvalue weighted by Gasteiger charge is -2.19. The first-order valence-electron chi connectivity index (χ1n) is 7.88. The molecule has 1 amide bonds. The zero-order chi connectivity index (χ0) is 17.7. The Morgan fingerprint density at radius 2 is 1.70 bits per heavy atom. The molecule has 0 unspecified atom stereocenters. The predicted octanol–water partition coefficient (Wildman–Crippen LogP) is 3.71. The van der Waals surface area contributed by atoms with Gasteiger partial charge in [-0.3, -0.25) is 4.79 Å². The van der Waals surface area contributed by atoms with E-state index in [0.717, 1.165) is 13.2 Å². The molecule has 1 rings (SSSR count). The quantitative estimate of drug-likeness (QED) is 0.866. The standard InChI is InChI=1S/C9H17NO3.C9H12O/c1-5-7(11)6-10-8(12)13-9(2,3)4;1-2-10-8-9-6-4-3-5-7-9/h5-6H2,1-4H3,(H,10,12);3-7H,2,8H2,1H3. The van der Waals surface area contributed by atoms with Gasteiger partial charge in [-0.25, -0.2) is 4.79 Å². The predicted molar refractivity (Wildman–Crippen MR) is 91.3 cm³/mol. The first-order valence-corrected chi connectivity index (χ1v) is 7.88. The first kappa shape index (κ1) is 21.1. The highest BCUT2D eigenvalue weighted by Gasteiger charge is 2.15. The van der Waals surface area contributed by atoms with Gasteiger partial charge in [0, 0.05) is 13.0 Å². The second-order valence-corrected chi connectivity index (χ2v) is 5.87. The van der Waals surface area contributed by atoms with Gasteiger partial charge in [0.15, 0.2) is 5.78 Å². The monoisotopic (exact) mass is 323 g/mol. The highest BCUT2D eigenvalue weighted by atomic mass is 16.6. The Morgan fingerprint density at radius 3 is 2.17 bits per heavy atom. The summed E-state index contributed by atoms with van der Waals surface area (Å²) in [5, 5.41) is 2.38. The Hall–Kier alpha value is -1.88. The Balaban J connectivity index is 0.000000433. The van der Waals surface area contributed by atoms with E-state index in [-0.39, 0.29) is 12.3 Å². The molecule has 0 radical (unpaired) electrons. The molecule has 130 valence electrons. The molecule has 0 aliphatic carbocycles. The molecule has 0 heterocycles. The number of ether oxygens (including phenoxy) is 2. The molecule has 5 nitrogen and oxygen atoms in total. The van der Waals surface area contributed by atoms with E-state index in [2.05, 4.69) is 17.4 Å². The SMILES string of the molecule is CCC(=O)CNC(=O)OC(C)(C)C.CCOCc1ccccc1. The summed E-state index contributed by atoms with van der Waals surface area (Å²) in [6.07, 6.45) is -0.121. The fourth-order valence-corrected chi connectivity index (χ4v) is 1.40. The Kier molecular flexibility index (Phi) is 10.7. The molecule has 23 heavy (non-hydrogen) atoms. The van der Waals surface area contributed by atoms with Crippen LogP contribution in [0.1, 0.15) is 46.6 Å². The third-order valence-corrected chi connectivity index (χ3v) is 2.54. The van der Waals surface area contributed by atoms with Crippen LogP contribution in [-0.2, 0) is 20.9 Å². The number of ketones is 1. The van der Waals surface area contributed by atoms with E-state index in [1.165, 1.54) is 5.56 Å². The van der Waals surface area contributed by atoms with Crippen molar-refractivity contribution in [3.8, 4) is 0 Å². The number of hydrogen-bond acceptors (Lipinski definition) is 4. The molecule has 1 aromatic carbocycles. The number of nitrogens with one attached hydrogen (secondary N) is 1. The summed E-state index contributed by atoms with van der Waals surface area (Å²) in [6.45, 7) is 10.6. The van der Waals surface area contributed by atoms with Crippen molar-refractivity contribution in [2.24, 2.45) is 0 Å². The van der Waals surface area contributed by atoms with Crippen LogP contribution in [0.2, 0.25) is 0 Å². The van der Waals surface area contributed by atoms with Crippen LogP contribution in [0.4, 0.5) is 4.79 Å². The third kappa shape index (κ3) is 13.5. The average Bonchev–Trinajstić information content (AvgIpc) is 2.50. The van der Waals surface area contributed by atoms with Crippen LogP contribution in [0, 0.1) is 0 Å². The van der Waals surface area contributed by atoms with Gasteiger partial charge in [0.2, 0.25) is 0 Å². The molecule has 1 aromatic rings. The normalized spacial score (nSPS) is 10.3. The highest BCUT2D eigenvalue weighted by molar-refractivity contribution is 5.83. The summed E-state index contributed by atoms with van der Waals surface area (Å²) in [5.41, 5.74) is 0.726. The van der Waals surface area contributed by atoms with Crippen LogP contribution < -0.4 is 5.32 Å². The number of carbonyl (C=O) groups is 2. The van der Waals surface area contributed by atoms with Crippen molar-refractivity contribution in [1.82, 2.24) is 5.32 Å². The smallest absolute Gasteiger partial charge is 0.408 e. The number of hydrogen-bond donors (Lipinski definition) is 1. The molecular formula is C18H29NO4. The lowest BCUT2D eigenvalue weighted by molar-refractivity contribution is -0.118. The average molecular weight is 323 g/mol. The van der Waals surface area contributed by atoms with Crippen molar-refractivity contribution in [3.05, 3.63) is 35.9 Å². The van der Waals surface area contributed by atoms with Crippen molar-refractivity contribution in [3.63, 3.8) is 0 Å². The largest absolute Gasteiger partial charge is 0.444 e. The van der Waals surface area contributed by atoms with Crippen molar-refractivity contribution in [2.45, 2.75) is 53.2 Å². The lowest BCUT2D eigenvalue weighted by Crippen LogP contribution is -2.35. The number of carbonyl (C=O) groups excluding carboxylic acids is 2. The molecule has 0 bridgehead atoms. The van der Waals surface area contributed by atoms with Crippen LogP contribution in [0.25, 0.3) is 0 Å². The molecule has 0 saturated heterocycles. The van der Waals surface area contributed by atoms with E-state index in [4.69, 9.17) is 9.47 Å². The zero-order valence-electron chi connectivity index (χ0n) is 14.8. The van der Waals surface area contributed by atoms with E-state index in [1.807, 2.05) is 25.1 Å². The van der Waals surface area contributed by atoms with Crippen LogP contribution in [-0.4, -0.2) is 30.6 Å². The van der Waals surface area contributed by atoms with Gasteiger partial charge >= 0.3 is 6.09 Å². The first-order chi connectivity index (χ1) is 10.8. The van der Waals surface area contributed by atoms with Gasteiger partial charge in [-0.15, -0.1) is 0 Å². The van der Waals surface area contributed by atoms with E-state index < -0.39 is 11.7 Å². The van der Waals surface area contributed by atoms with Gasteiger partial charge in [-0.05, 0) is 33.3 Å². The summed E-state index contributed by atoms with van der Waals surface area (Å²) in [6, 6.07) is 10.2. The van der Waals surface area contributed by atoms with Crippen LogP contribution in [0.3, 0.4) is 0 Å². The van der Waals surface area contributed by atoms with Crippen molar-refractivity contribution in [1.29, 1.82) is 0 Å². The topological polar surface area (TPSA) is 64.6 Å². The van der Waals surface area contributed by atoms with Crippen LogP contribution in [0.15, 0.2) is 30.3 Å². The molecule has 0 fully saturated rings. The minimum absolute atomic E-state index is 0.00846. The molecule has 0 saturated carbocycles. The van der Waals surface area contributed by atoms with Crippen molar-refractivity contribution < 1.29 is 19.1 Å². The van der Waals surface area contributed by atoms with Gasteiger partial charge < -0.3 is 14.8 Å². The summed E-state index contributed by atoms with van der Waals surface area (Å²) >= 11 is 0. The minimum atomic E-state index is -0.547. The molecular weight excluding hydrogens is 294 g/mol.